The van der Waals surface area contributed by atoms with Crippen LogP contribution in [0.3, 0.4) is 0 Å². The van der Waals surface area contributed by atoms with E-state index in [0.29, 0.717) is 24.5 Å². The second kappa shape index (κ2) is 5.67. The molecule has 0 radical (unpaired) electrons. The van der Waals surface area contributed by atoms with Crippen molar-refractivity contribution in [3.63, 3.8) is 0 Å². The van der Waals surface area contributed by atoms with Crippen molar-refractivity contribution in [3.05, 3.63) is 23.9 Å². The molecular weight excluding hydrogens is 244 g/mol. The van der Waals surface area contributed by atoms with Crippen molar-refractivity contribution in [2.24, 2.45) is 0 Å². The number of rotatable bonds is 2. The minimum atomic E-state index is -0.357. The molecule has 0 N–H and O–H groups in total. The number of likely N-dealkylation sites (N-methyl/N-ethyl adjacent to an activating group) is 1. The van der Waals surface area contributed by atoms with Crippen LogP contribution in [0.4, 0.5) is 5.82 Å². The summed E-state index contributed by atoms with van der Waals surface area (Å²) < 4.78 is 4.85. The van der Waals surface area contributed by atoms with Crippen LogP contribution in [0.5, 0.6) is 0 Å². The first-order valence-corrected chi connectivity index (χ1v) is 6.05. The van der Waals surface area contributed by atoms with Gasteiger partial charge in [0.05, 0.1) is 12.7 Å². The molecular formula is C13H16N4O2. The van der Waals surface area contributed by atoms with Crippen molar-refractivity contribution >= 4 is 11.8 Å². The van der Waals surface area contributed by atoms with Gasteiger partial charge in [-0.3, -0.25) is 0 Å². The summed E-state index contributed by atoms with van der Waals surface area (Å²) in [4.78, 5) is 20.1. The Balaban J connectivity index is 2.24. The molecule has 19 heavy (non-hydrogen) atoms. The minimum Gasteiger partial charge on any atom is -0.467 e. The SMILES string of the molecule is COC(=O)C1CN(C)CCN1c1ccc(C#N)cn1. The molecule has 1 aromatic rings. The van der Waals surface area contributed by atoms with E-state index >= 15 is 0 Å². The fourth-order valence-corrected chi connectivity index (χ4v) is 2.15. The molecule has 2 heterocycles. The number of aromatic nitrogens is 1. The highest BCUT2D eigenvalue weighted by Gasteiger charge is 2.32. The first-order chi connectivity index (χ1) is 9.15. The highest BCUT2D eigenvalue weighted by molar-refractivity contribution is 5.80. The molecule has 1 fully saturated rings. The van der Waals surface area contributed by atoms with Crippen molar-refractivity contribution < 1.29 is 9.53 Å². The summed E-state index contributed by atoms with van der Waals surface area (Å²) >= 11 is 0. The van der Waals surface area contributed by atoms with Crippen LogP contribution in [-0.4, -0.2) is 55.7 Å². The quantitative estimate of drug-likeness (QED) is 0.710. The third kappa shape index (κ3) is 2.83. The number of anilines is 1. The average Bonchev–Trinajstić information content (AvgIpc) is 2.46. The summed E-state index contributed by atoms with van der Waals surface area (Å²) in [5, 5.41) is 8.77. The zero-order chi connectivity index (χ0) is 13.8. The van der Waals surface area contributed by atoms with E-state index in [9.17, 15) is 4.79 Å². The maximum absolute atomic E-state index is 11.8. The number of nitriles is 1. The number of methoxy groups -OCH3 is 1. The Morgan fingerprint density at radius 1 is 1.53 bits per heavy atom. The van der Waals surface area contributed by atoms with Crippen LogP contribution in [0.1, 0.15) is 5.56 Å². The lowest BCUT2D eigenvalue weighted by Gasteiger charge is -2.38. The Morgan fingerprint density at radius 2 is 2.32 bits per heavy atom. The maximum Gasteiger partial charge on any atom is 0.329 e. The molecule has 1 aliphatic rings. The van der Waals surface area contributed by atoms with Gasteiger partial charge < -0.3 is 14.5 Å². The number of hydrogen-bond acceptors (Lipinski definition) is 6. The van der Waals surface area contributed by atoms with E-state index in [0.717, 1.165) is 6.54 Å². The Hall–Kier alpha value is -2.13. The molecule has 6 heteroatoms. The van der Waals surface area contributed by atoms with Crippen molar-refractivity contribution in [2.45, 2.75) is 6.04 Å². The van der Waals surface area contributed by atoms with Crippen molar-refractivity contribution in [2.75, 3.05) is 38.7 Å². The lowest BCUT2D eigenvalue weighted by Crippen LogP contribution is -2.56. The van der Waals surface area contributed by atoms with Crippen LogP contribution in [0.25, 0.3) is 0 Å². The molecule has 1 unspecified atom stereocenters. The first-order valence-electron chi connectivity index (χ1n) is 6.05. The van der Waals surface area contributed by atoms with Gasteiger partial charge in [-0.15, -0.1) is 0 Å². The Labute approximate surface area is 112 Å². The molecule has 1 atom stereocenters. The maximum atomic E-state index is 11.8. The fraction of sp³-hybridized carbons (Fsp3) is 0.462. The first kappa shape index (κ1) is 13.3. The van der Waals surface area contributed by atoms with Crippen molar-refractivity contribution in [1.82, 2.24) is 9.88 Å². The Kier molecular flexibility index (Phi) is 3.97. The highest BCUT2D eigenvalue weighted by Crippen LogP contribution is 2.18. The summed E-state index contributed by atoms with van der Waals surface area (Å²) in [5.74, 6) is 0.431. The number of carbonyl (C=O) groups excluding carboxylic acids is 1. The lowest BCUT2D eigenvalue weighted by atomic mass is 10.1. The lowest BCUT2D eigenvalue weighted by molar-refractivity contribution is -0.143. The molecule has 1 saturated heterocycles. The van der Waals surface area contributed by atoms with E-state index in [1.165, 1.54) is 13.3 Å². The molecule has 0 saturated carbocycles. The van der Waals surface area contributed by atoms with Gasteiger partial charge in [0.15, 0.2) is 0 Å². The molecule has 0 aromatic carbocycles. The van der Waals surface area contributed by atoms with Gasteiger partial charge in [0.1, 0.15) is 17.9 Å². The summed E-state index contributed by atoms with van der Waals surface area (Å²) in [5.41, 5.74) is 0.507. The van der Waals surface area contributed by atoms with Crippen LogP contribution in [0, 0.1) is 11.3 Å². The number of hydrogen-bond donors (Lipinski definition) is 0. The molecule has 100 valence electrons. The van der Waals surface area contributed by atoms with Gasteiger partial charge in [-0.2, -0.15) is 5.26 Å². The van der Waals surface area contributed by atoms with E-state index in [1.54, 1.807) is 12.1 Å². The van der Waals surface area contributed by atoms with Gasteiger partial charge in [0.25, 0.3) is 0 Å². The fourth-order valence-electron chi connectivity index (χ4n) is 2.15. The molecule has 2 rings (SSSR count). The summed E-state index contributed by atoms with van der Waals surface area (Å²) in [7, 11) is 3.36. The summed E-state index contributed by atoms with van der Waals surface area (Å²) in [6, 6.07) is 5.14. The molecule has 6 nitrogen and oxygen atoms in total. The second-order valence-corrected chi connectivity index (χ2v) is 4.51. The van der Waals surface area contributed by atoms with Crippen LogP contribution in [0.2, 0.25) is 0 Å². The third-order valence-electron chi connectivity index (χ3n) is 3.23. The zero-order valence-electron chi connectivity index (χ0n) is 11.0. The average molecular weight is 260 g/mol. The number of pyridine rings is 1. The zero-order valence-corrected chi connectivity index (χ0v) is 11.0. The third-order valence-corrected chi connectivity index (χ3v) is 3.23. The number of nitrogens with zero attached hydrogens (tertiary/aromatic N) is 4. The van der Waals surface area contributed by atoms with E-state index in [2.05, 4.69) is 9.88 Å². The van der Waals surface area contributed by atoms with Crippen molar-refractivity contribution in [1.29, 1.82) is 5.26 Å². The van der Waals surface area contributed by atoms with Crippen LogP contribution >= 0.6 is 0 Å². The highest BCUT2D eigenvalue weighted by atomic mass is 16.5. The molecule has 0 spiro atoms. The monoisotopic (exact) mass is 260 g/mol. The van der Waals surface area contributed by atoms with E-state index in [-0.39, 0.29) is 12.0 Å². The van der Waals surface area contributed by atoms with Crippen LogP contribution in [-0.2, 0) is 9.53 Å². The van der Waals surface area contributed by atoms with E-state index in [1.807, 2.05) is 18.0 Å². The van der Waals surface area contributed by atoms with Gasteiger partial charge in [-0.05, 0) is 19.2 Å². The number of esters is 1. The van der Waals surface area contributed by atoms with Crippen LogP contribution < -0.4 is 4.90 Å². The van der Waals surface area contributed by atoms with E-state index < -0.39 is 0 Å². The normalized spacial score (nSPS) is 19.8. The molecule has 0 bridgehead atoms. The van der Waals surface area contributed by atoms with Crippen LogP contribution in [0.15, 0.2) is 18.3 Å². The predicted molar refractivity (Wildman–Crippen MR) is 69.6 cm³/mol. The Morgan fingerprint density at radius 3 is 2.89 bits per heavy atom. The topological polar surface area (TPSA) is 69.5 Å². The standard InChI is InChI=1S/C13H16N4O2/c1-16-5-6-17(11(9-16)13(18)19-2)12-4-3-10(7-14)8-15-12/h3-4,8,11H,5-6,9H2,1-2H3. The summed E-state index contributed by atoms with van der Waals surface area (Å²) in [6.07, 6.45) is 1.52. The Bertz CT molecular complexity index is 494. The van der Waals surface area contributed by atoms with Gasteiger partial charge >= 0.3 is 5.97 Å². The van der Waals surface area contributed by atoms with E-state index in [4.69, 9.17) is 10.00 Å². The number of ether oxygens (including phenoxy) is 1. The van der Waals surface area contributed by atoms with Gasteiger partial charge in [-0.1, -0.05) is 0 Å². The van der Waals surface area contributed by atoms with Gasteiger partial charge in [-0.25, -0.2) is 9.78 Å². The molecule has 0 amide bonds. The minimum absolute atomic E-state index is 0.266. The molecule has 1 aromatic heterocycles. The van der Waals surface area contributed by atoms with Gasteiger partial charge in [0, 0.05) is 25.8 Å². The molecule has 1 aliphatic heterocycles. The summed E-state index contributed by atoms with van der Waals surface area (Å²) in [6.45, 7) is 2.17. The second-order valence-electron chi connectivity index (χ2n) is 4.51. The largest absolute Gasteiger partial charge is 0.467 e. The molecule has 0 aliphatic carbocycles. The smallest absolute Gasteiger partial charge is 0.329 e. The number of piperazine rings is 1. The van der Waals surface area contributed by atoms with Gasteiger partial charge in [0.2, 0.25) is 0 Å². The predicted octanol–water partition coefficient (Wildman–Crippen LogP) is 0.247. The van der Waals surface area contributed by atoms with Crippen molar-refractivity contribution in [3.8, 4) is 6.07 Å². The number of carbonyl (C=O) groups is 1.